The SMILES string of the molecule is CC(O)C=CC1(O)C(C)C(=O)CCC1(C)C. The smallest absolute Gasteiger partial charge is 0.138 e. The Balaban J connectivity index is 3.06. The molecule has 3 atom stereocenters. The third-order valence-electron chi connectivity index (χ3n) is 3.85. The maximum Gasteiger partial charge on any atom is 0.138 e. The molecule has 1 fully saturated rings. The number of aliphatic hydroxyl groups is 2. The van der Waals surface area contributed by atoms with Crippen LogP contribution in [0, 0.1) is 11.3 Å². The van der Waals surface area contributed by atoms with Crippen LogP contribution in [0.1, 0.15) is 40.5 Å². The highest BCUT2D eigenvalue weighted by Gasteiger charge is 2.51. The van der Waals surface area contributed by atoms with Crippen LogP contribution in [0.4, 0.5) is 0 Å². The van der Waals surface area contributed by atoms with Crippen LogP contribution in [0.25, 0.3) is 0 Å². The molecular formula is C13H22O3. The fraction of sp³-hybridized carbons (Fsp3) is 0.769. The van der Waals surface area contributed by atoms with Gasteiger partial charge in [0.25, 0.3) is 0 Å². The molecule has 3 unspecified atom stereocenters. The normalized spacial score (nSPS) is 36.6. The highest BCUT2D eigenvalue weighted by molar-refractivity contribution is 5.83. The van der Waals surface area contributed by atoms with Crippen molar-refractivity contribution in [2.75, 3.05) is 0 Å². The summed E-state index contributed by atoms with van der Waals surface area (Å²) in [5.74, 6) is -0.316. The van der Waals surface area contributed by atoms with Crippen molar-refractivity contribution >= 4 is 5.78 Å². The van der Waals surface area contributed by atoms with E-state index in [9.17, 15) is 15.0 Å². The summed E-state index contributed by atoms with van der Waals surface area (Å²) >= 11 is 0. The maximum absolute atomic E-state index is 11.7. The lowest BCUT2D eigenvalue weighted by Crippen LogP contribution is -2.54. The van der Waals surface area contributed by atoms with E-state index in [1.54, 1.807) is 26.0 Å². The molecule has 0 heterocycles. The van der Waals surface area contributed by atoms with Crippen LogP contribution in [-0.4, -0.2) is 27.7 Å². The first-order chi connectivity index (χ1) is 7.21. The summed E-state index contributed by atoms with van der Waals surface area (Å²) in [5.41, 5.74) is -1.50. The third-order valence-corrected chi connectivity index (χ3v) is 3.85. The van der Waals surface area contributed by atoms with Gasteiger partial charge in [-0.15, -0.1) is 0 Å². The van der Waals surface area contributed by atoms with E-state index in [1.165, 1.54) is 0 Å². The monoisotopic (exact) mass is 226 g/mol. The molecule has 3 heteroatoms. The molecule has 1 saturated carbocycles. The number of carbonyl (C=O) groups excluding carboxylic acids is 1. The molecule has 1 rings (SSSR count). The van der Waals surface area contributed by atoms with Gasteiger partial charge >= 0.3 is 0 Å². The molecule has 0 saturated heterocycles. The first-order valence-corrected chi connectivity index (χ1v) is 5.83. The van der Waals surface area contributed by atoms with Crippen LogP contribution in [0.5, 0.6) is 0 Å². The first kappa shape index (κ1) is 13.4. The standard InChI is InChI=1S/C13H22O3/c1-9(14)5-8-13(16)10(2)11(15)6-7-12(13,3)4/h5,8-10,14,16H,6-7H2,1-4H3. The van der Waals surface area contributed by atoms with Crippen molar-refractivity contribution in [3.63, 3.8) is 0 Å². The molecule has 0 aromatic heterocycles. The fourth-order valence-corrected chi connectivity index (χ4v) is 2.34. The van der Waals surface area contributed by atoms with Crippen molar-refractivity contribution in [3.8, 4) is 0 Å². The molecule has 16 heavy (non-hydrogen) atoms. The Bertz CT molecular complexity index is 304. The Morgan fingerprint density at radius 1 is 1.50 bits per heavy atom. The van der Waals surface area contributed by atoms with E-state index < -0.39 is 17.6 Å². The topological polar surface area (TPSA) is 57.5 Å². The number of carbonyl (C=O) groups is 1. The van der Waals surface area contributed by atoms with Gasteiger partial charge in [-0.05, 0) is 18.8 Å². The Hall–Kier alpha value is -0.670. The minimum atomic E-state index is -1.15. The van der Waals surface area contributed by atoms with E-state index in [4.69, 9.17) is 0 Å². The molecule has 0 amide bonds. The highest BCUT2D eigenvalue weighted by atomic mass is 16.3. The quantitative estimate of drug-likeness (QED) is 0.704. The molecule has 92 valence electrons. The van der Waals surface area contributed by atoms with Gasteiger partial charge in [-0.2, -0.15) is 0 Å². The van der Waals surface area contributed by atoms with Crippen molar-refractivity contribution in [1.29, 1.82) is 0 Å². The molecule has 0 aromatic carbocycles. The summed E-state index contributed by atoms with van der Waals surface area (Å²) in [7, 11) is 0. The predicted octanol–water partition coefficient (Wildman–Crippen LogP) is 1.68. The van der Waals surface area contributed by atoms with Gasteiger partial charge in [0.05, 0.1) is 11.7 Å². The predicted molar refractivity (Wildman–Crippen MR) is 63.0 cm³/mol. The summed E-state index contributed by atoms with van der Waals surface area (Å²) in [5, 5.41) is 19.9. The van der Waals surface area contributed by atoms with Gasteiger partial charge in [-0.25, -0.2) is 0 Å². The summed E-state index contributed by atoms with van der Waals surface area (Å²) < 4.78 is 0. The number of ketones is 1. The van der Waals surface area contributed by atoms with E-state index >= 15 is 0 Å². The lowest BCUT2D eigenvalue weighted by molar-refractivity contribution is -0.147. The van der Waals surface area contributed by atoms with E-state index in [-0.39, 0.29) is 11.2 Å². The fourth-order valence-electron chi connectivity index (χ4n) is 2.34. The Labute approximate surface area is 97.2 Å². The lowest BCUT2D eigenvalue weighted by Gasteiger charge is -2.48. The zero-order valence-electron chi connectivity index (χ0n) is 10.5. The molecule has 1 aliphatic carbocycles. The summed E-state index contributed by atoms with van der Waals surface area (Å²) in [6.45, 7) is 7.31. The van der Waals surface area contributed by atoms with E-state index in [0.29, 0.717) is 12.8 Å². The zero-order chi connectivity index (χ0) is 12.6. The second-order valence-corrected chi connectivity index (χ2v) is 5.50. The van der Waals surface area contributed by atoms with Crippen molar-refractivity contribution < 1.29 is 15.0 Å². The molecule has 3 nitrogen and oxygen atoms in total. The van der Waals surface area contributed by atoms with Crippen LogP contribution >= 0.6 is 0 Å². The Kier molecular flexibility index (Phi) is 3.60. The van der Waals surface area contributed by atoms with Gasteiger partial charge in [0.15, 0.2) is 0 Å². The lowest BCUT2D eigenvalue weighted by atomic mass is 9.60. The van der Waals surface area contributed by atoms with Crippen LogP contribution < -0.4 is 0 Å². The number of hydrogen-bond acceptors (Lipinski definition) is 3. The van der Waals surface area contributed by atoms with Crippen LogP contribution in [-0.2, 0) is 4.79 Å². The van der Waals surface area contributed by atoms with Crippen LogP contribution in [0.15, 0.2) is 12.2 Å². The molecule has 0 bridgehead atoms. The minimum Gasteiger partial charge on any atom is -0.389 e. The van der Waals surface area contributed by atoms with Crippen LogP contribution in [0.3, 0.4) is 0 Å². The van der Waals surface area contributed by atoms with E-state index in [1.807, 2.05) is 13.8 Å². The van der Waals surface area contributed by atoms with Crippen molar-refractivity contribution in [1.82, 2.24) is 0 Å². The molecule has 2 N–H and O–H groups in total. The summed E-state index contributed by atoms with van der Waals surface area (Å²) in [6, 6.07) is 0. The zero-order valence-corrected chi connectivity index (χ0v) is 10.5. The number of hydrogen-bond donors (Lipinski definition) is 2. The van der Waals surface area contributed by atoms with Gasteiger partial charge in [0, 0.05) is 12.3 Å². The van der Waals surface area contributed by atoms with Crippen molar-refractivity contribution in [2.45, 2.75) is 52.2 Å². The van der Waals surface area contributed by atoms with E-state index in [0.717, 1.165) is 0 Å². The number of aliphatic hydroxyl groups excluding tert-OH is 1. The first-order valence-electron chi connectivity index (χ1n) is 5.83. The van der Waals surface area contributed by atoms with Gasteiger partial charge < -0.3 is 10.2 Å². The maximum atomic E-state index is 11.7. The number of rotatable bonds is 2. The molecule has 0 aliphatic heterocycles. The minimum absolute atomic E-state index is 0.0945. The molecule has 0 spiro atoms. The summed E-state index contributed by atoms with van der Waals surface area (Å²) in [6.07, 6.45) is 3.75. The molecule has 0 aromatic rings. The second kappa shape index (κ2) is 4.30. The Morgan fingerprint density at radius 2 is 2.06 bits per heavy atom. The van der Waals surface area contributed by atoms with Crippen molar-refractivity contribution in [3.05, 3.63) is 12.2 Å². The molecule has 1 aliphatic rings. The van der Waals surface area contributed by atoms with Gasteiger partial charge in [-0.3, -0.25) is 4.79 Å². The van der Waals surface area contributed by atoms with Gasteiger partial charge in [-0.1, -0.05) is 32.9 Å². The van der Waals surface area contributed by atoms with Crippen LogP contribution in [0.2, 0.25) is 0 Å². The number of Topliss-reactive ketones (excluding diaryl/α,β-unsaturated/α-hetero) is 1. The molecular weight excluding hydrogens is 204 g/mol. The third kappa shape index (κ3) is 2.20. The van der Waals surface area contributed by atoms with E-state index in [2.05, 4.69) is 0 Å². The van der Waals surface area contributed by atoms with Gasteiger partial charge in [0.1, 0.15) is 5.78 Å². The largest absolute Gasteiger partial charge is 0.389 e. The Morgan fingerprint density at radius 3 is 2.56 bits per heavy atom. The summed E-state index contributed by atoms with van der Waals surface area (Å²) in [4.78, 5) is 11.7. The van der Waals surface area contributed by atoms with Gasteiger partial charge in [0.2, 0.25) is 0 Å². The highest BCUT2D eigenvalue weighted by Crippen LogP contribution is 2.46. The average molecular weight is 226 g/mol. The van der Waals surface area contributed by atoms with Crippen molar-refractivity contribution in [2.24, 2.45) is 11.3 Å². The average Bonchev–Trinajstić information content (AvgIpc) is 2.19. The molecule has 0 radical (unpaired) electrons. The second-order valence-electron chi connectivity index (χ2n) is 5.50.